The first-order valence-electron chi connectivity index (χ1n) is 4.97. The van der Waals surface area contributed by atoms with Gasteiger partial charge in [-0.2, -0.15) is 0 Å². The fraction of sp³-hybridized carbons (Fsp3) is 0.273. The topological polar surface area (TPSA) is 25.8 Å². The Labute approximate surface area is 106 Å². The molecule has 1 atom stereocenters. The molecule has 17 heavy (non-hydrogen) atoms. The second-order valence-electron chi connectivity index (χ2n) is 3.54. The van der Waals surface area contributed by atoms with E-state index < -0.39 is 11.6 Å². The minimum atomic E-state index is -0.849. The van der Waals surface area contributed by atoms with Gasteiger partial charge < -0.3 is 0 Å². The molecule has 1 aromatic carbocycles. The van der Waals surface area contributed by atoms with Gasteiger partial charge in [-0.05, 0) is 18.6 Å². The third-order valence-electron chi connectivity index (χ3n) is 2.20. The van der Waals surface area contributed by atoms with E-state index in [4.69, 9.17) is 11.6 Å². The van der Waals surface area contributed by atoms with E-state index in [0.29, 0.717) is 10.0 Å². The largest absolute Gasteiger partial charge is 0.204 e. The van der Waals surface area contributed by atoms with Gasteiger partial charge in [0.1, 0.15) is 10.0 Å². The monoisotopic (exact) mass is 274 g/mol. The summed E-state index contributed by atoms with van der Waals surface area (Å²) >= 11 is 7.16. The summed E-state index contributed by atoms with van der Waals surface area (Å²) in [6.45, 7) is 1.79. The molecule has 0 aliphatic heterocycles. The van der Waals surface area contributed by atoms with Gasteiger partial charge in [-0.15, -0.1) is 21.8 Å². The van der Waals surface area contributed by atoms with Crippen LogP contribution in [0.5, 0.6) is 0 Å². The molecule has 2 aromatic rings. The smallest absolute Gasteiger partial charge is 0.162 e. The van der Waals surface area contributed by atoms with Crippen LogP contribution in [0, 0.1) is 11.6 Å². The van der Waals surface area contributed by atoms with Gasteiger partial charge >= 0.3 is 0 Å². The molecule has 0 fully saturated rings. The Balaban J connectivity index is 2.22. The number of nitrogens with zero attached hydrogens (tertiary/aromatic N) is 2. The highest BCUT2D eigenvalue weighted by Gasteiger charge is 2.13. The van der Waals surface area contributed by atoms with E-state index in [1.165, 1.54) is 23.5 Å². The summed E-state index contributed by atoms with van der Waals surface area (Å²) in [5.74, 6) is -1.68. The lowest BCUT2D eigenvalue weighted by molar-refractivity contribution is 0.500. The van der Waals surface area contributed by atoms with E-state index in [-0.39, 0.29) is 17.4 Å². The summed E-state index contributed by atoms with van der Waals surface area (Å²) in [4.78, 5) is 0. The van der Waals surface area contributed by atoms with Crippen LogP contribution in [0.2, 0.25) is 0 Å². The van der Waals surface area contributed by atoms with E-state index in [1.54, 1.807) is 6.92 Å². The average Bonchev–Trinajstić information content (AvgIpc) is 2.73. The molecule has 2 nitrogen and oxygen atoms in total. The summed E-state index contributed by atoms with van der Waals surface area (Å²) in [6, 6.07) is 4.09. The molecule has 1 unspecified atom stereocenters. The molecule has 90 valence electrons. The maximum Gasteiger partial charge on any atom is 0.162 e. The molecule has 1 heterocycles. The van der Waals surface area contributed by atoms with Crippen molar-refractivity contribution in [1.29, 1.82) is 0 Å². The molecule has 1 aromatic heterocycles. The van der Waals surface area contributed by atoms with Crippen molar-refractivity contribution in [3.8, 4) is 0 Å². The first-order chi connectivity index (χ1) is 8.08. The third-order valence-corrected chi connectivity index (χ3v) is 3.64. The van der Waals surface area contributed by atoms with E-state index >= 15 is 0 Å². The minimum absolute atomic E-state index is 0.224. The van der Waals surface area contributed by atoms with Crippen molar-refractivity contribution in [3.63, 3.8) is 0 Å². The Hall–Kier alpha value is -1.07. The lowest BCUT2D eigenvalue weighted by Crippen LogP contribution is -1.95. The molecule has 0 saturated heterocycles. The van der Waals surface area contributed by atoms with Crippen molar-refractivity contribution in [2.24, 2.45) is 0 Å². The summed E-state index contributed by atoms with van der Waals surface area (Å²) in [6.07, 6.45) is 0.227. The molecule has 6 heteroatoms. The number of aromatic nitrogens is 2. The van der Waals surface area contributed by atoms with Crippen molar-refractivity contribution in [2.45, 2.75) is 18.7 Å². The summed E-state index contributed by atoms with van der Waals surface area (Å²) < 4.78 is 26.4. The van der Waals surface area contributed by atoms with E-state index in [1.807, 2.05) is 0 Å². The fourth-order valence-electron chi connectivity index (χ4n) is 1.35. The number of hydrogen-bond donors (Lipinski definition) is 0. The lowest BCUT2D eigenvalue weighted by Gasteiger charge is -2.00. The van der Waals surface area contributed by atoms with Crippen molar-refractivity contribution < 1.29 is 8.78 Å². The molecule has 0 N–H and O–H groups in total. The van der Waals surface area contributed by atoms with Crippen LogP contribution < -0.4 is 0 Å². The quantitative estimate of drug-likeness (QED) is 0.798. The van der Waals surface area contributed by atoms with Crippen molar-refractivity contribution in [2.75, 3.05) is 0 Å². The van der Waals surface area contributed by atoms with Crippen LogP contribution in [0.4, 0.5) is 8.78 Å². The van der Waals surface area contributed by atoms with E-state index in [2.05, 4.69) is 10.2 Å². The lowest BCUT2D eigenvalue weighted by atomic mass is 10.1. The van der Waals surface area contributed by atoms with Crippen LogP contribution in [0.15, 0.2) is 18.2 Å². The zero-order valence-corrected chi connectivity index (χ0v) is 10.5. The number of hydrogen-bond acceptors (Lipinski definition) is 3. The fourth-order valence-corrected chi connectivity index (χ4v) is 2.32. The van der Waals surface area contributed by atoms with Crippen molar-refractivity contribution in [3.05, 3.63) is 45.4 Å². The molecule has 0 radical (unpaired) electrons. The van der Waals surface area contributed by atoms with Gasteiger partial charge in [0.2, 0.25) is 0 Å². The molecule has 0 saturated carbocycles. The number of benzene rings is 1. The zero-order valence-electron chi connectivity index (χ0n) is 8.95. The van der Waals surface area contributed by atoms with Gasteiger partial charge in [0, 0.05) is 6.42 Å². The van der Waals surface area contributed by atoms with Gasteiger partial charge in [-0.3, -0.25) is 0 Å². The summed E-state index contributed by atoms with van der Waals surface area (Å²) in [5.41, 5.74) is 0.273. The maximum atomic E-state index is 13.4. The Bertz CT molecular complexity index is 528. The van der Waals surface area contributed by atoms with Crippen molar-refractivity contribution >= 4 is 22.9 Å². The maximum absolute atomic E-state index is 13.4. The van der Waals surface area contributed by atoms with E-state index in [0.717, 1.165) is 6.07 Å². The first kappa shape index (κ1) is 12.4. The van der Waals surface area contributed by atoms with Crippen LogP contribution in [0.25, 0.3) is 0 Å². The third kappa shape index (κ3) is 2.79. The van der Waals surface area contributed by atoms with Crippen molar-refractivity contribution in [1.82, 2.24) is 10.2 Å². The van der Waals surface area contributed by atoms with Crippen LogP contribution in [-0.4, -0.2) is 10.2 Å². The zero-order chi connectivity index (χ0) is 12.4. The minimum Gasteiger partial charge on any atom is -0.204 e. The highest BCUT2D eigenvalue weighted by molar-refractivity contribution is 7.11. The van der Waals surface area contributed by atoms with E-state index in [9.17, 15) is 8.78 Å². The second kappa shape index (κ2) is 5.06. The molecular weight excluding hydrogens is 266 g/mol. The van der Waals surface area contributed by atoms with Gasteiger partial charge in [0.25, 0.3) is 0 Å². The average molecular weight is 275 g/mol. The van der Waals surface area contributed by atoms with Gasteiger partial charge in [-0.25, -0.2) is 8.78 Å². The number of halogens is 3. The van der Waals surface area contributed by atoms with Gasteiger partial charge in [0.15, 0.2) is 11.6 Å². The SMILES string of the molecule is CC(Cl)c1nnc(Cc2cccc(F)c2F)s1. The Kier molecular flexibility index (Phi) is 3.69. The number of alkyl halides is 1. The Morgan fingerprint density at radius 3 is 2.76 bits per heavy atom. The van der Waals surface area contributed by atoms with Crippen LogP contribution in [-0.2, 0) is 6.42 Å². The highest BCUT2D eigenvalue weighted by atomic mass is 35.5. The van der Waals surface area contributed by atoms with Crippen LogP contribution >= 0.6 is 22.9 Å². The first-order valence-corrected chi connectivity index (χ1v) is 6.22. The van der Waals surface area contributed by atoms with Gasteiger partial charge in [-0.1, -0.05) is 23.5 Å². The van der Waals surface area contributed by atoms with Gasteiger partial charge in [0.05, 0.1) is 5.38 Å². The highest BCUT2D eigenvalue weighted by Crippen LogP contribution is 2.25. The standard InChI is InChI=1S/C11H9ClF2N2S/c1-6(12)11-16-15-9(17-11)5-7-3-2-4-8(13)10(7)14/h2-4,6H,5H2,1H3. The predicted octanol–water partition coefficient (Wildman–Crippen LogP) is 3.71. The number of rotatable bonds is 3. The summed E-state index contributed by atoms with van der Waals surface area (Å²) in [5, 5.41) is 8.86. The van der Waals surface area contributed by atoms with Crippen LogP contribution in [0.1, 0.15) is 27.9 Å². The molecule has 0 aliphatic carbocycles. The Morgan fingerprint density at radius 1 is 1.35 bits per heavy atom. The normalized spacial score (nSPS) is 12.7. The molecule has 0 bridgehead atoms. The Morgan fingerprint density at radius 2 is 2.12 bits per heavy atom. The molecular formula is C11H9ClF2N2S. The molecule has 0 aliphatic rings. The van der Waals surface area contributed by atoms with Crippen LogP contribution in [0.3, 0.4) is 0 Å². The predicted molar refractivity (Wildman–Crippen MR) is 63.3 cm³/mol. The molecule has 0 spiro atoms. The summed E-state index contributed by atoms with van der Waals surface area (Å²) in [7, 11) is 0. The second-order valence-corrected chi connectivity index (χ2v) is 5.29. The molecule has 0 amide bonds. The molecule has 2 rings (SSSR count).